The fourth-order valence-corrected chi connectivity index (χ4v) is 3.44. The zero-order valence-corrected chi connectivity index (χ0v) is 16.8. The average molecular weight is 409 g/mol. The van der Waals surface area contributed by atoms with E-state index in [1.807, 2.05) is 30.3 Å². The Morgan fingerprint density at radius 3 is 2.77 bits per heavy atom. The van der Waals surface area contributed by atoms with Crippen LogP contribution in [0.4, 0.5) is 21.6 Å². The largest absolute Gasteiger partial charge is 0.387 e. The van der Waals surface area contributed by atoms with E-state index in [0.717, 1.165) is 33.9 Å². The number of alkyl halides is 1. The van der Waals surface area contributed by atoms with Crippen molar-refractivity contribution in [2.45, 2.75) is 32.2 Å². The van der Waals surface area contributed by atoms with Crippen molar-refractivity contribution >= 4 is 23.1 Å². The van der Waals surface area contributed by atoms with Crippen molar-refractivity contribution < 1.29 is 14.3 Å². The summed E-state index contributed by atoms with van der Waals surface area (Å²) in [5, 5.41) is 19.7. The third-order valence-electron chi connectivity index (χ3n) is 4.97. The first-order valence-electron chi connectivity index (χ1n) is 9.75. The average Bonchev–Trinajstić information content (AvgIpc) is 3.08. The van der Waals surface area contributed by atoms with Crippen LogP contribution in [-0.2, 0) is 11.3 Å². The summed E-state index contributed by atoms with van der Waals surface area (Å²) in [6.45, 7) is 3.44. The summed E-state index contributed by atoms with van der Waals surface area (Å²) in [6, 6.07) is 13.1. The van der Waals surface area contributed by atoms with Crippen molar-refractivity contribution in [2.75, 3.05) is 17.2 Å². The molecule has 1 amide bonds. The van der Waals surface area contributed by atoms with E-state index in [1.54, 1.807) is 18.3 Å². The fourth-order valence-electron chi connectivity index (χ4n) is 3.44. The second-order valence-electron chi connectivity index (χ2n) is 7.76. The number of hydrogen-bond acceptors (Lipinski definition) is 5. The van der Waals surface area contributed by atoms with Gasteiger partial charge in [0.25, 0.3) is 5.91 Å². The summed E-state index contributed by atoms with van der Waals surface area (Å²) in [6.07, 6.45) is 0.884. The number of aliphatic hydroxyl groups excluding tert-OH is 1. The summed E-state index contributed by atoms with van der Waals surface area (Å²) in [4.78, 5) is 19.5. The maximum atomic E-state index is 13.9. The molecule has 8 heteroatoms. The van der Waals surface area contributed by atoms with Crippen LogP contribution < -0.4 is 16.0 Å². The molecule has 1 aliphatic rings. The molecule has 7 nitrogen and oxygen atoms in total. The SMILES string of the molecule is CC(C)(F)C(=O)Nc1cc(-c2[nH]c3c(c2Nc2ccccc2)C(O)CNC3)ccn1. The second-order valence-corrected chi connectivity index (χ2v) is 7.76. The molecule has 3 aromatic rings. The maximum absolute atomic E-state index is 13.9. The number of amides is 1. The van der Waals surface area contributed by atoms with Crippen LogP contribution >= 0.6 is 0 Å². The summed E-state index contributed by atoms with van der Waals surface area (Å²) >= 11 is 0. The number of aliphatic hydroxyl groups is 1. The van der Waals surface area contributed by atoms with Gasteiger partial charge in [-0.1, -0.05) is 18.2 Å². The molecule has 1 aliphatic heterocycles. The number of pyridine rings is 1. The van der Waals surface area contributed by atoms with Crippen LogP contribution in [0.1, 0.15) is 31.2 Å². The minimum Gasteiger partial charge on any atom is -0.387 e. The number of carbonyl (C=O) groups is 1. The van der Waals surface area contributed by atoms with Crippen LogP contribution in [0.15, 0.2) is 48.7 Å². The number of hydrogen-bond donors (Lipinski definition) is 5. The van der Waals surface area contributed by atoms with Gasteiger partial charge in [0.05, 0.1) is 17.5 Å². The molecule has 1 atom stereocenters. The molecule has 0 spiro atoms. The minimum absolute atomic E-state index is 0.250. The van der Waals surface area contributed by atoms with Crippen LogP contribution in [0.5, 0.6) is 0 Å². The first kappa shape index (κ1) is 20.1. The molecule has 0 aliphatic carbocycles. The number of H-pyrrole nitrogens is 1. The Morgan fingerprint density at radius 2 is 2.03 bits per heavy atom. The predicted molar refractivity (Wildman–Crippen MR) is 114 cm³/mol. The lowest BCUT2D eigenvalue weighted by Crippen LogP contribution is -2.32. The monoisotopic (exact) mass is 409 g/mol. The van der Waals surface area contributed by atoms with Crippen molar-refractivity contribution in [3.05, 3.63) is 59.9 Å². The van der Waals surface area contributed by atoms with Crippen LogP contribution in [0.3, 0.4) is 0 Å². The molecule has 5 N–H and O–H groups in total. The van der Waals surface area contributed by atoms with Gasteiger partial charge in [-0.3, -0.25) is 4.79 Å². The third kappa shape index (κ3) is 4.05. The Bertz CT molecular complexity index is 1060. The molecular formula is C22H24FN5O2. The smallest absolute Gasteiger partial charge is 0.262 e. The number of carbonyl (C=O) groups excluding carboxylic acids is 1. The number of aromatic nitrogens is 2. The zero-order chi connectivity index (χ0) is 21.3. The van der Waals surface area contributed by atoms with Gasteiger partial charge in [-0.05, 0) is 38.1 Å². The Labute approximate surface area is 173 Å². The molecular weight excluding hydrogens is 385 g/mol. The minimum atomic E-state index is -2.01. The van der Waals surface area contributed by atoms with Gasteiger partial charge in [0.1, 0.15) is 5.82 Å². The Balaban J connectivity index is 1.75. The van der Waals surface area contributed by atoms with Gasteiger partial charge in [0, 0.05) is 41.8 Å². The molecule has 1 aromatic carbocycles. The van der Waals surface area contributed by atoms with Crippen LogP contribution in [0, 0.1) is 0 Å². The molecule has 3 heterocycles. The first-order valence-corrected chi connectivity index (χ1v) is 9.75. The van der Waals surface area contributed by atoms with Crippen LogP contribution in [-0.4, -0.2) is 33.2 Å². The number of benzene rings is 1. The highest BCUT2D eigenvalue weighted by atomic mass is 19.1. The van der Waals surface area contributed by atoms with Crippen LogP contribution in [0.25, 0.3) is 11.3 Å². The standard InChI is InChI=1S/C22H24FN5O2/c1-22(2,23)21(30)28-17-10-13(8-9-25-17)19-20(26-14-6-4-3-5-7-14)18-15(27-19)11-24-12-16(18)29/h3-10,16,24,26-27,29H,11-12H2,1-2H3,(H,25,28,30). The predicted octanol–water partition coefficient (Wildman–Crippen LogP) is 3.64. The van der Waals surface area contributed by atoms with Gasteiger partial charge in [-0.25, -0.2) is 9.37 Å². The summed E-state index contributed by atoms with van der Waals surface area (Å²) in [5.74, 6) is -0.514. The molecule has 30 heavy (non-hydrogen) atoms. The lowest BCUT2D eigenvalue weighted by atomic mass is 10.0. The van der Waals surface area contributed by atoms with Gasteiger partial charge in [-0.2, -0.15) is 0 Å². The summed E-state index contributed by atoms with van der Waals surface area (Å²) < 4.78 is 13.9. The molecule has 156 valence electrons. The van der Waals surface area contributed by atoms with E-state index in [0.29, 0.717) is 13.1 Å². The van der Waals surface area contributed by atoms with Crippen molar-refractivity contribution in [2.24, 2.45) is 0 Å². The number of nitrogens with zero attached hydrogens (tertiary/aromatic N) is 1. The number of nitrogens with one attached hydrogen (secondary N) is 4. The number of halogens is 1. The summed E-state index contributed by atoms with van der Waals surface area (Å²) in [5.41, 5.74) is 2.82. The normalized spacial score (nSPS) is 16.1. The molecule has 0 saturated carbocycles. The number of fused-ring (bicyclic) bond motifs is 1. The molecule has 0 saturated heterocycles. The highest BCUT2D eigenvalue weighted by molar-refractivity contribution is 5.96. The van der Waals surface area contributed by atoms with Crippen molar-refractivity contribution in [1.29, 1.82) is 0 Å². The van der Waals surface area contributed by atoms with E-state index < -0.39 is 17.7 Å². The van der Waals surface area contributed by atoms with Crippen molar-refractivity contribution in [1.82, 2.24) is 15.3 Å². The Kier molecular flexibility index (Phi) is 5.27. The first-order chi connectivity index (χ1) is 14.3. The van der Waals surface area contributed by atoms with E-state index >= 15 is 0 Å². The molecule has 0 bridgehead atoms. The number of β-amino-alcohol motifs (C(OH)–C–C–N with tert-alkyl or cyclic N) is 1. The Morgan fingerprint density at radius 1 is 1.27 bits per heavy atom. The number of anilines is 3. The lowest BCUT2D eigenvalue weighted by molar-refractivity contribution is -0.125. The van der Waals surface area contributed by atoms with Gasteiger partial charge in [-0.15, -0.1) is 0 Å². The highest BCUT2D eigenvalue weighted by Gasteiger charge is 2.29. The molecule has 0 radical (unpaired) electrons. The Hall–Kier alpha value is -3.23. The van der Waals surface area contributed by atoms with Crippen molar-refractivity contribution in [3.63, 3.8) is 0 Å². The zero-order valence-electron chi connectivity index (χ0n) is 16.8. The van der Waals surface area contributed by atoms with Gasteiger partial charge < -0.3 is 26.0 Å². The number of para-hydroxylation sites is 1. The molecule has 0 fully saturated rings. The lowest BCUT2D eigenvalue weighted by Gasteiger charge is -2.21. The van der Waals surface area contributed by atoms with E-state index in [-0.39, 0.29) is 5.82 Å². The quantitative estimate of drug-likeness (QED) is 0.443. The topological polar surface area (TPSA) is 102 Å². The van der Waals surface area contributed by atoms with Gasteiger partial charge in [0.2, 0.25) is 0 Å². The third-order valence-corrected chi connectivity index (χ3v) is 4.97. The molecule has 4 rings (SSSR count). The fraction of sp³-hybridized carbons (Fsp3) is 0.273. The van der Waals surface area contributed by atoms with Gasteiger partial charge in [0.15, 0.2) is 5.67 Å². The second kappa shape index (κ2) is 7.89. The van der Waals surface area contributed by atoms with E-state index in [9.17, 15) is 14.3 Å². The molecule has 2 aromatic heterocycles. The number of aromatic amines is 1. The molecule has 1 unspecified atom stereocenters. The van der Waals surface area contributed by atoms with E-state index in [2.05, 4.69) is 25.9 Å². The van der Waals surface area contributed by atoms with Crippen LogP contribution in [0.2, 0.25) is 0 Å². The number of rotatable bonds is 5. The van der Waals surface area contributed by atoms with E-state index in [4.69, 9.17) is 0 Å². The summed E-state index contributed by atoms with van der Waals surface area (Å²) in [7, 11) is 0. The highest BCUT2D eigenvalue weighted by Crippen LogP contribution is 2.40. The maximum Gasteiger partial charge on any atom is 0.262 e. The van der Waals surface area contributed by atoms with E-state index in [1.165, 1.54) is 13.8 Å². The van der Waals surface area contributed by atoms with Gasteiger partial charge >= 0.3 is 0 Å². The van der Waals surface area contributed by atoms with Crippen molar-refractivity contribution in [3.8, 4) is 11.3 Å².